The fourth-order valence-corrected chi connectivity index (χ4v) is 3.01. The number of aliphatic imine (C=N–C) groups is 1. The van der Waals surface area contributed by atoms with Crippen molar-refractivity contribution in [3.63, 3.8) is 0 Å². The van der Waals surface area contributed by atoms with Gasteiger partial charge >= 0.3 is 0 Å². The largest absolute Gasteiger partial charge is 0.493 e. The van der Waals surface area contributed by atoms with Crippen molar-refractivity contribution in [2.24, 2.45) is 4.99 Å². The van der Waals surface area contributed by atoms with Crippen LogP contribution in [0.2, 0.25) is 0 Å². The number of hydrogen-bond acceptors (Lipinski definition) is 4. The molecule has 0 aliphatic heterocycles. The average molecular weight is 461 g/mol. The summed E-state index contributed by atoms with van der Waals surface area (Å²) in [6.07, 6.45) is 1.07. The number of rotatable bonds is 6. The molecular formula is C17H24IN3O2S. The summed E-state index contributed by atoms with van der Waals surface area (Å²) in [6.45, 7) is 2.91. The van der Waals surface area contributed by atoms with E-state index in [2.05, 4.69) is 34.7 Å². The second kappa shape index (κ2) is 10.4. The highest BCUT2D eigenvalue weighted by molar-refractivity contribution is 14.0. The van der Waals surface area contributed by atoms with Crippen LogP contribution in [0.3, 0.4) is 0 Å². The summed E-state index contributed by atoms with van der Waals surface area (Å²) in [4.78, 5) is 6.93. The zero-order chi connectivity index (χ0) is 16.7. The monoisotopic (exact) mass is 461 g/mol. The Morgan fingerprint density at radius 2 is 1.79 bits per heavy atom. The van der Waals surface area contributed by atoms with Gasteiger partial charge < -0.3 is 20.1 Å². The van der Waals surface area contributed by atoms with Gasteiger partial charge in [-0.2, -0.15) is 0 Å². The molecule has 1 aromatic carbocycles. The van der Waals surface area contributed by atoms with E-state index in [1.165, 1.54) is 9.75 Å². The van der Waals surface area contributed by atoms with Crippen molar-refractivity contribution in [3.8, 4) is 11.5 Å². The van der Waals surface area contributed by atoms with Crippen molar-refractivity contribution in [1.29, 1.82) is 0 Å². The minimum atomic E-state index is 0. The molecule has 5 nitrogen and oxygen atoms in total. The molecule has 0 fully saturated rings. The molecule has 2 aromatic rings. The van der Waals surface area contributed by atoms with Gasteiger partial charge in [-0.15, -0.1) is 35.3 Å². The SMILES string of the molecule is CCc1ccc(CNC(=NC)Nc2ccc(OC)c(OC)c2)s1.I. The first-order valence-corrected chi connectivity index (χ1v) is 8.29. The van der Waals surface area contributed by atoms with E-state index >= 15 is 0 Å². The van der Waals surface area contributed by atoms with Gasteiger partial charge in [0.05, 0.1) is 20.8 Å². The molecule has 0 radical (unpaired) electrons. The van der Waals surface area contributed by atoms with Gasteiger partial charge in [0.1, 0.15) is 0 Å². The van der Waals surface area contributed by atoms with Crippen LogP contribution in [0.25, 0.3) is 0 Å². The predicted octanol–water partition coefficient (Wildman–Crippen LogP) is 4.13. The first kappa shape index (κ1) is 20.6. The van der Waals surface area contributed by atoms with E-state index in [1.54, 1.807) is 21.3 Å². The second-order valence-electron chi connectivity index (χ2n) is 4.84. The Morgan fingerprint density at radius 1 is 1.08 bits per heavy atom. The quantitative estimate of drug-likeness (QED) is 0.386. The third kappa shape index (κ3) is 5.55. The topological polar surface area (TPSA) is 54.9 Å². The van der Waals surface area contributed by atoms with E-state index < -0.39 is 0 Å². The lowest BCUT2D eigenvalue weighted by Crippen LogP contribution is -2.29. The van der Waals surface area contributed by atoms with Gasteiger partial charge in [0.25, 0.3) is 0 Å². The van der Waals surface area contributed by atoms with Crippen LogP contribution in [0.15, 0.2) is 35.3 Å². The second-order valence-corrected chi connectivity index (χ2v) is 6.09. The van der Waals surface area contributed by atoms with Crippen molar-refractivity contribution < 1.29 is 9.47 Å². The number of nitrogens with zero attached hydrogens (tertiary/aromatic N) is 1. The van der Waals surface area contributed by atoms with Crippen molar-refractivity contribution in [2.45, 2.75) is 19.9 Å². The summed E-state index contributed by atoms with van der Waals surface area (Å²) >= 11 is 1.82. The van der Waals surface area contributed by atoms with E-state index in [4.69, 9.17) is 9.47 Å². The lowest BCUT2D eigenvalue weighted by molar-refractivity contribution is 0.355. The molecule has 0 saturated heterocycles. The molecule has 0 aliphatic carbocycles. The van der Waals surface area contributed by atoms with Crippen LogP contribution in [0, 0.1) is 0 Å². The van der Waals surface area contributed by atoms with Crippen LogP contribution in [0.4, 0.5) is 5.69 Å². The molecule has 2 rings (SSSR count). The third-order valence-electron chi connectivity index (χ3n) is 3.37. The van der Waals surface area contributed by atoms with Gasteiger partial charge in [0.2, 0.25) is 0 Å². The zero-order valence-electron chi connectivity index (χ0n) is 14.4. The highest BCUT2D eigenvalue weighted by Crippen LogP contribution is 2.29. The van der Waals surface area contributed by atoms with Crippen LogP contribution in [-0.2, 0) is 13.0 Å². The lowest BCUT2D eigenvalue weighted by Gasteiger charge is -2.13. The maximum atomic E-state index is 5.31. The maximum Gasteiger partial charge on any atom is 0.195 e. The summed E-state index contributed by atoms with van der Waals surface area (Å²) in [5.41, 5.74) is 0.885. The zero-order valence-corrected chi connectivity index (χ0v) is 17.5. The number of ether oxygens (including phenoxy) is 2. The Morgan fingerprint density at radius 3 is 2.38 bits per heavy atom. The fraction of sp³-hybridized carbons (Fsp3) is 0.353. The van der Waals surface area contributed by atoms with Crippen LogP contribution in [0.1, 0.15) is 16.7 Å². The molecule has 0 atom stereocenters. The summed E-state index contributed by atoms with van der Waals surface area (Å²) in [5, 5.41) is 6.57. The van der Waals surface area contributed by atoms with E-state index in [9.17, 15) is 0 Å². The standard InChI is InChI=1S/C17H23N3O2S.HI/c1-5-13-7-8-14(23-13)11-19-17(18-2)20-12-6-9-15(21-3)16(10-12)22-4;/h6-10H,5,11H2,1-4H3,(H2,18,19,20);1H. The Labute approximate surface area is 164 Å². The first-order chi connectivity index (χ1) is 11.2. The lowest BCUT2D eigenvalue weighted by atomic mass is 10.3. The fourth-order valence-electron chi connectivity index (χ4n) is 2.11. The molecule has 1 aromatic heterocycles. The summed E-state index contributed by atoms with van der Waals surface area (Å²) in [7, 11) is 5.00. The molecule has 132 valence electrons. The molecule has 1 heterocycles. The number of hydrogen-bond donors (Lipinski definition) is 2. The number of anilines is 1. The number of aryl methyl sites for hydroxylation is 1. The Hall–Kier alpha value is -1.48. The minimum Gasteiger partial charge on any atom is -0.493 e. The summed E-state index contributed by atoms with van der Waals surface area (Å²) < 4.78 is 10.6. The third-order valence-corrected chi connectivity index (χ3v) is 4.60. The van der Waals surface area contributed by atoms with Crippen LogP contribution in [-0.4, -0.2) is 27.2 Å². The van der Waals surface area contributed by atoms with Gasteiger partial charge in [-0.3, -0.25) is 4.99 Å². The first-order valence-electron chi connectivity index (χ1n) is 7.47. The summed E-state index contributed by atoms with van der Waals surface area (Å²) in [5.74, 6) is 2.09. The molecule has 24 heavy (non-hydrogen) atoms. The van der Waals surface area contributed by atoms with Crippen molar-refractivity contribution >= 4 is 47.0 Å². The van der Waals surface area contributed by atoms with Gasteiger partial charge in [-0.25, -0.2) is 0 Å². The Balaban J connectivity index is 0.00000288. The Kier molecular flexibility index (Phi) is 8.91. The smallest absolute Gasteiger partial charge is 0.195 e. The molecule has 0 spiro atoms. The highest BCUT2D eigenvalue weighted by atomic mass is 127. The number of methoxy groups -OCH3 is 2. The number of guanidine groups is 1. The number of halogens is 1. The molecule has 2 N–H and O–H groups in total. The van der Waals surface area contributed by atoms with Crippen LogP contribution in [0.5, 0.6) is 11.5 Å². The Bertz CT molecular complexity index is 674. The molecule has 0 amide bonds. The molecule has 0 bridgehead atoms. The van der Waals surface area contributed by atoms with Crippen molar-refractivity contribution in [1.82, 2.24) is 5.32 Å². The van der Waals surface area contributed by atoms with Gasteiger partial charge in [-0.05, 0) is 30.7 Å². The average Bonchev–Trinajstić information content (AvgIpc) is 3.06. The van der Waals surface area contributed by atoms with Gasteiger partial charge in [0.15, 0.2) is 17.5 Å². The van der Waals surface area contributed by atoms with Gasteiger partial charge in [-0.1, -0.05) is 6.92 Å². The van der Waals surface area contributed by atoms with Crippen molar-refractivity contribution in [2.75, 3.05) is 26.6 Å². The normalized spacial score (nSPS) is 10.8. The van der Waals surface area contributed by atoms with Crippen LogP contribution < -0.4 is 20.1 Å². The van der Waals surface area contributed by atoms with Crippen molar-refractivity contribution in [3.05, 3.63) is 40.1 Å². The van der Waals surface area contributed by atoms with Crippen LogP contribution >= 0.6 is 35.3 Å². The van der Waals surface area contributed by atoms with Gasteiger partial charge in [0, 0.05) is 28.6 Å². The number of thiophene rings is 1. The molecular weight excluding hydrogens is 437 g/mol. The van der Waals surface area contributed by atoms with E-state index in [1.807, 2.05) is 29.5 Å². The summed E-state index contributed by atoms with van der Waals surface area (Å²) in [6, 6.07) is 9.99. The highest BCUT2D eigenvalue weighted by Gasteiger charge is 2.06. The molecule has 0 unspecified atom stereocenters. The minimum absolute atomic E-state index is 0. The number of nitrogens with one attached hydrogen (secondary N) is 2. The van der Waals surface area contributed by atoms with E-state index in [0.717, 1.165) is 18.7 Å². The predicted molar refractivity (Wildman–Crippen MR) is 112 cm³/mol. The molecule has 0 aliphatic rings. The van der Waals surface area contributed by atoms with E-state index in [-0.39, 0.29) is 24.0 Å². The molecule has 0 saturated carbocycles. The maximum absolute atomic E-state index is 5.31. The van der Waals surface area contributed by atoms with E-state index in [0.29, 0.717) is 17.5 Å². The number of benzene rings is 1. The molecule has 7 heteroatoms.